The first kappa shape index (κ1) is 11.3. The van der Waals surface area contributed by atoms with Crippen molar-refractivity contribution < 1.29 is 14.4 Å². The Balaban J connectivity index is 2.89. The van der Waals surface area contributed by atoms with E-state index in [1.54, 1.807) is 18.2 Å². The van der Waals surface area contributed by atoms with Crippen molar-refractivity contribution in [3.8, 4) is 0 Å². The van der Waals surface area contributed by atoms with Crippen LogP contribution in [0.15, 0.2) is 36.4 Å². The summed E-state index contributed by atoms with van der Waals surface area (Å²) in [5.74, 6) is 0. The van der Waals surface area contributed by atoms with Crippen molar-refractivity contribution in [2.75, 3.05) is 0 Å². The molecule has 0 saturated carbocycles. The van der Waals surface area contributed by atoms with E-state index in [-0.39, 0.29) is 5.30 Å². The van der Waals surface area contributed by atoms with Crippen molar-refractivity contribution in [2.24, 2.45) is 0 Å². The Hall–Kier alpha value is -1.15. The maximum atomic E-state index is 11.5. The highest BCUT2D eigenvalue weighted by Crippen LogP contribution is 2.38. The van der Waals surface area contributed by atoms with Gasteiger partial charge in [-0.2, -0.15) is 0 Å². The van der Waals surface area contributed by atoms with Crippen molar-refractivity contribution in [3.63, 3.8) is 0 Å². The van der Waals surface area contributed by atoms with E-state index in [4.69, 9.17) is 0 Å². The number of fused-ring (bicyclic) bond motifs is 1. The van der Waals surface area contributed by atoms with Crippen molar-refractivity contribution in [2.45, 2.75) is 13.3 Å². The van der Waals surface area contributed by atoms with Crippen LogP contribution in [-0.4, -0.2) is 9.79 Å². The molecule has 0 radical (unpaired) electrons. The summed E-state index contributed by atoms with van der Waals surface area (Å²) in [6, 6.07) is 10.9. The van der Waals surface area contributed by atoms with Crippen LogP contribution in [-0.2, 0) is 11.0 Å². The van der Waals surface area contributed by atoms with Gasteiger partial charge < -0.3 is 9.79 Å². The van der Waals surface area contributed by atoms with Crippen molar-refractivity contribution >= 4 is 23.7 Å². The topological polar surface area (TPSA) is 57.5 Å². The molecule has 0 fully saturated rings. The molecule has 0 unspecified atom stereocenters. The average Bonchev–Trinajstić information content (AvgIpc) is 2.26. The summed E-state index contributed by atoms with van der Waals surface area (Å²) < 4.78 is 11.5. The number of aryl methyl sites for hydroxylation is 1. The summed E-state index contributed by atoms with van der Waals surface area (Å²) in [5.41, 5.74) is 0.715. The Morgan fingerprint density at radius 1 is 1.12 bits per heavy atom. The Bertz CT molecular complexity index is 571. The van der Waals surface area contributed by atoms with Gasteiger partial charge in [-0.05, 0) is 22.8 Å². The van der Waals surface area contributed by atoms with Gasteiger partial charge in [0.25, 0.3) is 0 Å². The fraction of sp³-hybridized carbons (Fsp3) is 0.167. The fourth-order valence-corrected chi connectivity index (χ4v) is 3.05. The van der Waals surface area contributed by atoms with E-state index in [1.807, 2.05) is 25.1 Å². The Morgan fingerprint density at radius 3 is 2.44 bits per heavy atom. The highest BCUT2D eigenvalue weighted by Gasteiger charge is 2.23. The highest BCUT2D eigenvalue weighted by molar-refractivity contribution is 7.61. The zero-order valence-corrected chi connectivity index (χ0v) is 9.82. The summed E-state index contributed by atoms with van der Waals surface area (Å²) in [6.07, 6.45) is 0.616. The maximum Gasteiger partial charge on any atom is 0.357 e. The summed E-state index contributed by atoms with van der Waals surface area (Å²) in [6.45, 7) is 1.89. The molecule has 2 N–H and O–H groups in total. The number of benzene rings is 2. The molecule has 0 bridgehead atoms. The zero-order valence-electron chi connectivity index (χ0n) is 8.92. The summed E-state index contributed by atoms with van der Waals surface area (Å²) >= 11 is 0. The molecule has 0 saturated heterocycles. The van der Waals surface area contributed by atoms with Crippen LogP contribution in [0.25, 0.3) is 10.8 Å². The van der Waals surface area contributed by atoms with E-state index >= 15 is 0 Å². The Labute approximate surface area is 93.9 Å². The van der Waals surface area contributed by atoms with Crippen molar-refractivity contribution in [3.05, 3.63) is 42.0 Å². The molecule has 0 spiro atoms. The van der Waals surface area contributed by atoms with Crippen LogP contribution in [0.4, 0.5) is 0 Å². The third-order valence-electron chi connectivity index (χ3n) is 2.66. The second-order valence-electron chi connectivity index (χ2n) is 3.69. The lowest BCUT2D eigenvalue weighted by Crippen LogP contribution is -2.11. The van der Waals surface area contributed by atoms with E-state index in [1.165, 1.54) is 0 Å². The van der Waals surface area contributed by atoms with Gasteiger partial charge in [0.05, 0.1) is 5.30 Å². The standard InChI is InChI=1S/C12H13O3P/c1-2-9-7-8-10-5-3-4-6-11(10)12(9)16(13,14)15/h3-8H,2H2,1H3,(H2,13,14,15). The van der Waals surface area contributed by atoms with Gasteiger partial charge in [-0.1, -0.05) is 43.3 Å². The van der Waals surface area contributed by atoms with Gasteiger partial charge in [0.2, 0.25) is 0 Å². The molecule has 0 aliphatic rings. The Morgan fingerprint density at radius 2 is 1.81 bits per heavy atom. The quantitative estimate of drug-likeness (QED) is 0.786. The van der Waals surface area contributed by atoms with E-state index in [0.717, 1.165) is 5.39 Å². The molecule has 16 heavy (non-hydrogen) atoms. The van der Waals surface area contributed by atoms with Crippen LogP contribution in [0.3, 0.4) is 0 Å². The number of rotatable bonds is 2. The molecule has 0 heterocycles. The van der Waals surface area contributed by atoms with Gasteiger partial charge in [-0.15, -0.1) is 0 Å². The monoisotopic (exact) mass is 236 g/mol. The molecule has 4 heteroatoms. The molecule has 2 aromatic rings. The number of hydrogen-bond acceptors (Lipinski definition) is 1. The van der Waals surface area contributed by atoms with Gasteiger partial charge in [0, 0.05) is 0 Å². The van der Waals surface area contributed by atoms with Crippen molar-refractivity contribution in [1.82, 2.24) is 0 Å². The normalized spacial score (nSPS) is 11.9. The fourth-order valence-electron chi connectivity index (χ4n) is 1.93. The summed E-state index contributed by atoms with van der Waals surface area (Å²) in [5, 5.41) is 1.68. The average molecular weight is 236 g/mol. The van der Waals surface area contributed by atoms with E-state index in [2.05, 4.69) is 0 Å². The first-order chi connectivity index (χ1) is 7.54. The molecule has 0 aliphatic carbocycles. The minimum atomic E-state index is -4.22. The van der Waals surface area contributed by atoms with E-state index < -0.39 is 7.60 Å². The van der Waals surface area contributed by atoms with E-state index in [9.17, 15) is 14.4 Å². The maximum absolute atomic E-state index is 11.5. The molecule has 3 nitrogen and oxygen atoms in total. The zero-order chi connectivity index (χ0) is 11.8. The lowest BCUT2D eigenvalue weighted by molar-refractivity contribution is 0.387. The van der Waals surface area contributed by atoms with E-state index in [0.29, 0.717) is 17.4 Å². The SMILES string of the molecule is CCc1ccc2ccccc2c1P(=O)(O)O. The largest absolute Gasteiger partial charge is 0.357 e. The number of hydrogen-bond donors (Lipinski definition) is 2. The van der Waals surface area contributed by atoms with Crippen molar-refractivity contribution in [1.29, 1.82) is 0 Å². The molecule has 2 rings (SSSR count). The smallest absolute Gasteiger partial charge is 0.321 e. The van der Waals surface area contributed by atoms with Crippen LogP contribution in [0.2, 0.25) is 0 Å². The van der Waals surface area contributed by atoms with Gasteiger partial charge in [-0.25, -0.2) is 0 Å². The second-order valence-corrected chi connectivity index (χ2v) is 5.23. The van der Waals surface area contributed by atoms with Crippen LogP contribution < -0.4 is 5.30 Å². The first-order valence-corrected chi connectivity index (χ1v) is 6.72. The van der Waals surface area contributed by atoms with Crippen LogP contribution in [0.5, 0.6) is 0 Å². The molecule has 0 amide bonds. The van der Waals surface area contributed by atoms with Gasteiger partial charge in [0.1, 0.15) is 0 Å². The summed E-state index contributed by atoms with van der Waals surface area (Å²) in [4.78, 5) is 18.8. The first-order valence-electron chi connectivity index (χ1n) is 5.10. The van der Waals surface area contributed by atoms with Crippen LogP contribution >= 0.6 is 7.60 Å². The third kappa shape index (κ3) is 1.90. The second kappa shape index (κ2) is 4.02. The Kier molecular flexibility index (Phi) is 2.85. The van der Waals surface area contributed by atoms with Gasteiger partial charge in [0.15, 0.2) is 0 Å². The minimum absolute atomic E-state index is 0.174. The lowest BCUT2D eigenvalue weighted by Gasteiger charge is -2.12. The molecule has 84 valence electrons. The highest BCUT2D eigenvalue weighted by atomic mass is 31.2. The predicted molar refractivity (Wildman–Crippen MR) is 65.0 cm³/mol. The molecular formula is C12H13O3P. The third-order valence-corrected chi connectivity index (χ3v) is 3.77. The lowest BCUT2D eigenvalue weighted by atomic mass is 10.1. The molecule has 0 aliphatic heterocycles. The predicted octanol–water partition coefficient (Wildman–Crippen LogP) is 2.21. The van der Waals surface area contributed by atoms with Crippen LogP contribution in [0.1, 0.15) is 12.5 Å². The molecule has 0 aromatic heterocycles. The minimum Gasteiger partial charge on any atom is -0.321 e. The summed E-state index contributed by atoms with van der Waals surface area (Å²) in [7, 11) is -4.22. The van der Waals surface area contributed by atoms with Gasteiger partial charge >= 0.3 is 7.60 Å². The molecule has 0 atom stereocenters. The molecule has 2 aromatic carbocycles. The molecular weight excluding hydrogens is 223 g/mol. The van der Waals surface area contributed by atoms with Crippen LogP contribution in [0, 0.1) is 0 Å². The van der Waals surface area contributed by atoms with Gasteiger partial charge in [-0.3, -0.25) is 4.57 Å².